The summed E-state index contributed by atoms with van der Waals surface area (Å²) in [4.78, 5) is 11.7. The molecular weight excluding hydrogens is 407 g/mol. The van der Waals surface area contributed by atoms with Crippen molar-refractivity contribution in [2.75, 3.05) is 18.0 Å². The van der Waals surface area contributed by atoms with Crippen LogP contribution >= 0.6 is 0 Å². The van der Waals surface area contributed by atoms with Crippen LogP contribution in [0.4, 0.5) is 5.69 Å². The molecule has 0 N–H and O–H groups in total. The quantitative estimate of drug-likeness (QED) is 0.358. The molecule has 3 heterocycles. The zero-order chi connectivity index (χ0) is 22.0. The molecular formula is C25H27N6Na. The Morgan fingerprint density at radius 2 is 1.75 bits per heavy atom. The third kappa shape index (κ3) is 5.29. The third-order valence-corrected chi connectivity index (χ3v) is 5.14. The van der Waals surface area contributed by atoms with E-state index in [1.165, 1.54) is 24.4 Å². The van der Waals surface area contributed by atoms with E-state index in [1.54, 1.807) is 4.68 Å². The van der Waals surface area contributed by atoms with Crippen molar-refractivity contribution in [3.8, 4) is 17.5 Å². The van der Waals surface area contributed by atoms with Crippen LogP contribution in [0.25, 0.3) is 33.2 Å². The van der Waals surface area contributed by atoms with Gasteiger partial charge in [-0.25, -0.2) is 9.97 Å². The Labute approximate surface area is 211 Å². The van der Waals surface area contributed by atoms with Gasteiger partial charge in [-0.1, -0.05) is 0 Å². The van der Waals surface area contributed by atoms with E-state index in [-0.39, 0.29) is 29.6 Å². The van der Waals surface area contributed by atoms with Gasteiger partial charge in [-0.15, -0.1) is 0 Å². The second-order valence-electron chi connectivity index (χ2n) is 8.51. The van der Waals surface area contributed by atoms with Gasteiger partial charge in [0.2, 0.25) is 0 Å². The first-order valence-corrected chi connectivity index (χ1v) is 10.6. The van der Waals surface area contributed by atoms with Gasteiger partial charge in [-0.3, -0.25) is 4.68 Å². The van der Waals surface area contributed by atoms with E-state index in [0.717, 1.165) is 34.9 Å². The van der Waals surface area contributed by atoms with Crippen LogP contribution in [-0.2, 0) is 7.05 Å². The molecule has 4 aromatic rings. The summed E-state index contributed by atoms with van der Waals surface area (Å²) in [5.41, 5.74) is 4.22. The van der Waals surface area contributed by atoms with Crippen molar-refractivity contribution in [3.63, 3.8) is 0 Å². The molecule has 1 fully saturated rings. The van der Waals surface area contributed by atoms with E-state index in [1.807, 2.05) is 31.6 Å². The number of aryl methyl sites for hydroxylation is 1. The van der Waals surface area contributed by atoms with Gasteiger partial charge in [0.15, 0.2) is 5.82 Å². The minimum atomic E-state index is 0. The Bertz CT molecular complexity index is 1260. The Hall–Kier alpha value is -2.46. The molecule has 158 valence electrons. The van der Waals surface area contributed by atoms with Gasteiger partial charge >= 0.3 is 29.6 Å². The van der Waals surface area contributed by atoms with Crippen LogP contribution in [-0.4, -0.2) is 32.8 Å². The van der Waals surface area contributed by atoms with Gasteiger partial charge < -0.3 is 10.8 Å². The van der Waals surface area contributed by atoms with Crippen LogP contribution in [0.5, 0.6) is 0 Å². The largest absolute Gasteiger partial charge is 1.00 e. The van der Waals surface area contributed by atoms with Crippen LogP contribution in [0.3, 0.4) is 0 Å². The molecule has 0 bridgehead atoms. The maximum Gasteiger partial charge on any atom is 1.00 e. The predicted molar refractivity (Wildman–Crippen MR) is 126 cm³/mol. The number of fused-ring (bicyclic) bond motifs is 2. The molecule has 1 saturated heterocycles. The van der Waals surface area contributed by atoms with Crippen molar-refractivity contribution in [1.82, 2.24) is 19.7 Å². The first kappa shape index (κ1) is 24.2. The molecule has 0 spiro atoms. The predicted octanol–water partition coefficient (Wildman–Crippen LogP) is 2.28. The average molecular weight is 435 g/mol. The molecule has 0 unspecified atom stereocenters. The van der Waals surface area contributed by atoms with Gasteiger partial charge in [0.1, 0.15) is 11.6 Å². The van der Waals surface area contributed by atoms with Crippen molar-refractivity contribution < 1.29 is 29.6 Å². The summed E-state index contributed by atoms with van der Waals surface area (Å²) in [7, 11) is 1.85. The summed E-state index contributed by atoms with van der Waals surface area (Å²) >= 11 is 0. The average Bonchev–Trinajstić information content (AvgIpc) is 3.41. The van der Waals surface area contributed by atoms with Crippen molar-refractivity contribution in [2.24, 2.45) is 7.05 Å². The number of anilines is 1. The standard InChI is InChI=1S/C21H18N6.C4H9.Na/c1-26-13-17-9-14(8-15(11-22)20(17)25-26)21-23-12-16-10-18(4-5-19(16)24-21)27-6-2-3-7-27;1-4(2)3;/h4-5,8-10,12-13H,2-3,6-7H2,1H3;1-3H3;/q;-1;+1. The molecule has 0 saturated carbocycles. The van der Waals surface area contributed by atoms with E-state index in [2.05, 4.69) is 60.0 Å². The maximum absolute atomic E-state index is 9.48. The van der Waals surface area contributed by atoms with Crippen LogP contribution in [0.15, 0.2) is 42.7 Å². The summed E-state index contributed by atoms with van der Waals surface area (Å²) in [6, 6.07) is 12.4. The molecule has 7 heteroatoms. The van der Waals surface area contributed by atoms with Gasteiger partial charge in [-0.05, 0) is 43.2 Å². The first-order valence-electron chi connectivity index (χ1n) is 10.6. The number of benzene rings is 2. The molecule has 1 aliphatic heterocycles. The minimum Gasteiger partial charge on any atom is -0.372 e. The number of nitrogens with zero attached hydrogens (tertiary/aromatic N) is 6. The normalized spacial score (nSPS) is 13.1. The SMILES string of the molecule is C[C-](C)C.Cn1cc2cc(-c3ncc4cc(N5CCCC5)ccc4n3)cc(C#N)c2n1.[Na+]. The topological polar surface area (TPSA) is 70.6 Å². The van der Waals surface area contributed by atoms with Crippen molar-refractivity contribution in [3.05, 3.63) is 54.2 Å². The molecule has 2 aromatic carbocycles. The summed E-state index contributed by atoms with van der Waals surface area (Å²) in [6.07, 6.45) is 6.29. The monoisotopic (exact) mass is 434 g/mol. The Kier molecular flexibility index (Phi) is 7.89. The van der Waals surface area contributed by atoms with Gasteiger partial charge in [0, 0.05) is 54.6 Å². The van der Waals surface area contributed by atoms with E-state index in [0.29, 0.717) is 16.9 Å². The van der Waals surface area contributed by atoms with Gasteiger partial charge in [0.05, 0.1) is 11.1 Å². The molecule has 6 nitrogen and oxygen atoms in total. The van der Waals surface area contributed by atoms with Crippen LogP contribution in [0, 0.1) is 17.2 Å². The summed E-state index contributed by atoms with van der Waals surface area (Å²) in [5, 5.41) is 15.8. The maximum atomic E-state index is 9.48. The first-order chi connectivity index (χ1) is 14.9. The molecule has 0 radical (unpaired) electrons. The van der Waals surface area contributed by atoms with Crippen LogP contribution < -0.4 is 34.5 Å². The third-order valence-electron chi connectivity index (χ3n) is 5.14. The Balaban J connectivity index is 0.000000536. The molecule has 1 aliphatic rings. The zero-order valence-corrected chi connectivity index (χ0v) is 21.6. The number of aromatic nitrogens is 4. The fraction of sp³-hybridized carbons (Fsp3) is 0.320. The Morgan fingerprint density at radius 3 is 2.44 bits per heavy atom. The molecule has 5 rings (SSSR count). The number of nitriles is 1. The van der Waals surface area contributed by atoms with Crippen LogP contribution in [0.2, 0.25) is 0 Å². The summed E-state index contributed by atoms with van der Waals surface area (Å²) in [5.74, 6) is 2.04. The van der Waals surface area contributed by atoms with E-state index >= 15 is 0 Å². The molecule has 0 aliphatic carbocycles. The van der Waals surface area contributed by atoms with Crippen molar-refractivity contribution in [2.45, 2.75) is 33.6 Å². The van der Waals surface area contributed by atoms with E-state index in [4.69, 9.17) is 4.98 Å². The van der Waals surface area contributed by atoms with Crippen molar-refractivity contribution >= 4 is 27.5 Å². The smallest absolute Gasteiger partial charge is 0.372 e. The fourth-order valence-electron chi connectivity index (χ4n) is 3.80. The molecule has 2 aromatic heterocycles. The van der Waals surface area contributed by atoms with Crippen molar-refractivity contribution in [1.29, 1.82) is 5.26 Å². The number of hydrogen-bond donors (Lipinski definition) is 0. The summed E-state index contributed by atoms with van der Waals surface area (Å²) in [6.45, 7) is 8.49. The number of hydrogen-bond acceptors (Lipinski definition) is 5. The molecule has 0 atom stereocenters. The Morgan fingerprint density at radius 1 is 1.03 bits per heavy atom. The number of rotatable bonds is 2. The zero-order valence-electron chi connectivity index (χ0n) is 19.6. The minimum absolute atomic E-state index is 0. The van der Waals surface area contributed by atoms with Gasteiger partial charge in [-0.2, -0.15) is 31.1 Å². The second kappa shape index (κ2) is 10.4. The second-order valence-corrected chi connectivity index (χ2v) is 8.51. The molecule has 0 amide bonds. The van der Waals surface area contributed by atoms with E-state index < -0.39 is 0 Å². The molecule has 32 heavy (non-hydrogen) atoms. The van der Waals surface area contributed by atoms with Crippen LogP contribution in [0.1, 0.15) is 39.2 Å². The fourth-order valence-corrected chi connectivity index (χ4v) is 3.80. The summed E-state index contributed by atoms with van der Waals surface area (Å²) < 4.78 is 1.72. The van der Waals surface area contributed by atoms with Gasteiger partial charge in [0.25, 0.3) is 0 Å². The van der Waals surface area contributed by atoms with E-state index in [9.17, 15) is 5.26 Å².